The zero-order valence-electron chi connectivity index (χ0n) is 18.6. The molecule has 0 aliphatic carbocycles. The van der Waals surface area contributed by atoms with Crippen LogP contribution >= 0.6 is 23.2 Å². The molecule has 4 rings (SSSR count). The summed E-state index contributed by atoms with van der Waals surface area (Å²) in [6.07, 6.45) is 0. The molecule has 0 aliphatic heterocycles. The number of halogens is 2. The van der Waals surface area contributed by atoms with Crippen molar-refractivity contribution in [1.29, 1.82) is 0 Å². The largest absolute Gasteiger partial charge is 0.493 e. The number of carbonyl (C=O) groups is 1. The van der Waals surface area contributed by atoms with Crippen LogP contribution in [-0.4, -0.2) is 12.5 Å². The van der Waals surface area contributed by atoms with Gasteiger partial charge in [0, 0.05) is 16.1 Å². The Hall–Kier alpha value is -3.47. The minimum atomic E-state index is -0.305. The minimum absolute atomic E-state index is 0.249. The van der Waals surface area contributed by atoms with Gasteiger partial charge in [-0.3, -0.25) is 4.79 Å². The van der Waals surface area contributed by atoms with E-state index in [1.54, 1.807) is 36.4 Å². The van der Waals surface area contributed by atoms with Gasteiger partial charge in [-0.05, 0) is 66.6 Å². The molecular weight excluding hydrogens is 469 g/mol. The zero-order chi connectivity index (χ0) is 23.9. The number of hydrogen-bond donors (Lipinski definition) is 1. The summed E-state index contributed by atoms with van der Waals surface area (Å²) in [7, 11) is 0. The van der Waals surface area contributed by atoms with Crippen molar-refractivity contribution in [3.05, 3.63) is 112 Å². The summed E-state index contributed by atoms with van der Waals surface area (Å²) >= 11 is 12.2. The van der Waals surface area contributed by atoms with Crippen LogP contribution in [0.1, 0.15) is 22.8 Å². The Labute approximate surface area is 209 Å². The average Bonchev–Trinajstić information content (AvgIpc) is 2.86. The molecule has 4 aromatic carbocycles. The molecule has 0 saturated carbocycles. The van der Waals surface area contributed by atoms with Crippen LogP contribution in [0.3, 0.4) is 0 Å². The van der Waals surface area contributed by atoms with E-state index in [1.807, 2.05) is 49.4 Å². The summed E-state index contributed by atoms with van der Waals surface area (Å²) in [6, 6.07) is 28.2. The standard InChI is InChI=1S/C28H23Cl2NO3/c1-2-33-27-15-10-21(28(32)31-26-17-23(29)11-14-25(26)30)16-22(27)18-34-24-12-8-20(9-13-24)19-6-4-3-5-7-19/h3-17H,2,18H2,1H3,(H,31,32). The highest BCUT2D eigenvalue weighted by molar-refractivity contribution is 6.35. The Morgan fingerprint density at radius 1 is 0.824 bits per heavy atom. The SMILES string of the molecule is CCOc1ccc(C(=O)Nc2cc(Cl)ccc2Cl)cc1COc1ccc(-c2ccccc2)cc1. The number of ether oxygens (including phenoxy) is 2. The van der Waals surface area contributed by atoms with Crippen LogP contribution in [0.15, 0.2) is 91.0 Å². The van der Waals surface area contributed by atoms with Crippen molar-refractivity contribution in [3.63, 3.8) is 0 Å². The molecule has 0 aliphatic rings. The summed E-state index contributed by atoms with van der Waals surface area (Å²) in [6.45, 7) is 2.66. The van der Waals surface area contributed by atoms with Crippen molar-refractivity contribution in [2.24, 2.45) is 0 Å². The number of carbonyl (C=O) groups excluding carboxylic acids is 1. The summed E-state index contributed by atoms with van der Waals surface area (Å²) in [5, 5.41) is 3.70. The topological polar surface area (TPSA) is 47.6 Å². The first kappa shape index (κ1) is 23.7. The van der Waals surface area contributed by atoms with Crippen molar-refractivity contribution in [2.45, 2.75) is 13.5 Å². The Morgan fingerprint density at radius 3 is 2.29 bits per heavy atom. The maximum absolute atomic E-state index is 12.9. The monoisotopic (exact) mass is 491 g/mol. The second-order valence-electron chi connectivity index (χ2n) is 7.51. The lowest BCUT2D eigenvalue weighted by atomic mass is 10.1. The predicted molar refractivity (Wildman–Crippen MR) is 138 cm³/mol. The molecule has 0 radical (unpaired) electrons. The molecule has 0 aromatic heterocycles. The second-order valence-corrected chi connectivity index (χ2v) is 8.36. The predicted octanol–water partition coefficient (Wildman–Crippen LogP) is 7.89. The maximum atomic E-state index is 12.9. The van der Waals surface area contributed by atoms with Gasteiger partial charge in [-0.1, -0.05) is 65.7 Å². The fourth-order valence-electron chi connectivity index (χ4n) is 3.45. The van der Waals surface area contributed by atoms with Crippen molar-refractivity contribution in [1.82, 2.24) is 0 Å². The van der Waals surface area contributed by atoms with Gasteiger partial charge in [0.1, 0.15) is 18.1 Å². The van der Waals surface area contributed by atoms with E-state index in [-0.39, 0.29) is 12.5 Å². The molecule has 4 nitrogen and oxygen atoms in total. The van der Waals surface area contributed by atoms with E-state index in [1.165, 1.54) is 0 Å². The lowest BCUT2D eigenvalue weighted by Gasteiger charge is -2.14. The van der Waals surface area contributed by atoms with E-state index in [0.29, 0.717) is 33.7 Å². The molecule has 0 spiro atoms. The van der Waals surface area contributed by atoms with E-state index in [4.69, 9.17) is 32.7 Å². The van der Waals surface area contributed by atoms with E-state index in [9.17, 15) is 4.79 Å². The smallest absolute Gasteiger partial charge is 0.255 e. The molecular formula is C28H23Cl2NO3. The molecule has 172 valence electrons. The second kappa shape index (κ2) is 11.1. The minimum Gasteiger partial charge on any atom is -0.493 e. The summed E-state index contributed by atoms with van der Waals surface area (Å²) in [4.78, 5) is 12.9. The maximum Gasteiger partial charge on any atom is 0.255 e. The molecule has 0 unspecified atom stereocenters. The molecule has 34 heavy (non-hydrogen) atoms. The van der Waals surface area contributed by atoms with Crippen LogP contribution in [0.2, 0.25) is 10.0 Å². The van der Waals surface area contributed by atoms with E-state index < -0.39 is 0 Å². The Morgan fingerprint density at radius 2 is 1.56 bits per heavy atom. The molecule has 4 aromatic rings. The first-order valence-electron chi connectivity index (χ1n) is 10.8. The number of nitrogens with one attached hydrogen (secondary N) is 1. The first-order chi connectivity index (χ1) is 16.5. The molecule has 0 fully saturated rings. The first-order valence-corrected chi connectivity index (χ1v) is 11.6. The van der Waals surface area contributed by atoms with Gasteiger partial charge in [0.2, 0.25) is 0 Å². The molecule has 0 heterocycles. The van der Waals surface area contributed by atoms with E-state index >= 15 is 0 Å². The summed E-state index contributed by atoms with van der Waals surface area (Å²) in [5.74, 6) is 1.09. The third kappa shape index (κ3) is 5.90. The average molecular weight is 492 g/mol. The van der Waals surface area contributed by atoms with E-state index in [0.717, 1.165) is 22.4 Å². The van der Waals surface area contributed by atoms with Gasteiger partial charge in [0.15, 0.2) is 0 Å². The molecule has 0 atom stereocenters. The Kier molecular flexibility index (Phi) is 7.73. The van der Waals surface area contributed by atoms with Gasteiger partial charge >= 0.3 is 0 Å². The van der Waals surface area contributed by atoms with Crippen LogP contribution in [0.4, 0.5) is 5.69 Å². The summed E-state index contributed by atoms with van der Waals surface area (Å²) < 4.78 is 11.7. The van der Waals surface area contributed by atoms with Gasteiger partial charge in [0.05, 0.1) is 17.3 Å². The lowest BCUT2D eigenvalue weighted by Crippen LogP contribution is -2.13. The van der Waals surface area contributed by atoms with Crippen LogP contribution < -0.4 is 14.8 Å². The highest BCUT2D eigenvalue weighted by Crippen LogP contribution is 2.28. The fourth-order valence-corrected chi connectivity index (χ4v) is 3.79. The fraction of sp³-hybridized carbons (Fsp3) is 0.107. The number of rotatable bonds is 8. The molecule has 1 amide bonds. The zero-order valence-corrected chi connectivity index (χ0v) is 20.1. The number of benzene rings is 4. The van der Waals surface area contributed by atoms with Crippen LogP contribution in [0, 0.1) is 0 Å². The molecule has 0 bridgehead atoms. The van der Waals surface area contributed by atoms with Crippen LogP contribution in [0.25, 0.3) is 11.1 Å². The van der Waals surface area contributed by atoms with Crippen molar-refractivity contribution < 1.29 is 14.3 Å². The summed E-state index contributed by atoms with van der Waals surface area (Å²) in [5.41, 5.74) is 3.92. The Balaban J connectivity index is 1.49. The molecule has 6 heteroatoms. The third-order valence-corrected chi connectivity index (χ3v) is 5.72. The molecule has 1 N–H and O–H groups in total. The van der Waals surface area contributed by atoms with Gasteiger partial charge in [-0.2, -0.15) is 0 Å². The van der Waals surface area contributed by atoms with Crippen LogP contribution in [-0.2, 0) is 6.61 Å². The Bertz CT molecular complexity index is 1270. The normalized spacial score (nSPS) is 10.6. The van der Waals surface area contributed by atoms with Crippen molar-refractivity contribution in [3.8, 4) is 22.6 Å². The van der Waals surface area contributed by atoms with E-state index in [2.05, 4.69) is 17.4 Å². The highest BCUT2D eigenvalue weighted by atomic mass is 35.5. The van der Waals surface area contributed by atoms with Crippen molar-refractivity contribution >= 4 is 34.8 Å². The van der Waals surface area contributed by atoms with Gasteiger partial charge in [-0.25, -0.2) is 0 Å². The van der Waals surface area contributed by atoms with Gasteiger partial charge in [-0.15, -0.1) is 0 Å². The molecule has 0 saturated heterocycles. The highest BCUT2D eigenvalue weighted by Gasteiger charge is 2.13. The van der Waals surface area contributed by atoms with Crippen molar-refractivity contribution in [2.75, 3.05) is 11.9 Å². The number of hydrogen-bond acceptors (Lipinski definition) is 3. The quantitative estimate of drug-likeness (QED) is 0.272. The van der Waals surface area contributed by atoms with Gasteiger partial charge in [0.25, 0.3) is 5.91 Å². The van der Waals surface area contributed by atoms with Crippen LogP contribution in [0.5, 0.6) is 11.5 Å². The lowest BCUT2D eigenvalue weighted by molar-refractivity contribution is 0.102. The third-order valence-electron chi connectivity index (χ3n) is 5.15. The van der Waals surface area contributed by atoms with Gasteiger partial charge < -0.3 is 14.8 Å². The number of amides is 1. The number of anilines is 1.